The van der Waals surface area contributed by atoms with Crippen molar-refractivity contribution in [2.75, 3.05) is 40.0 Å². The Kier molecular flexibility index (Phi) is 8.10. The Morgan fingerprint density at radius 1 is 1.20 bits per heavy atom. The first-order valence-corrected chi connectivity index (χ1v) is 11.6. The molecule has 0 saturated carbocycles. The van der Waals surface area contributed by atoms with Crippen LogP contribution in [0.1, 0.15) is 40.9 Å². The SMILES string of the molecule is CCNC(=NCC1(c2ccc(OC)cc2)CCOCC1)NCCc1nc(C)c(C)s1. The Labute approximate surface area is 184 Å². The van der Waals surface area contributed by atoms with Gasteiger partial charge in [0.2, 0.25) is 0 Å². The lowest BCUT2D eigenvalue weighted by Crippen LogP contribution is -2.41. The van der Waals surface area contributed by atoms with E-state index in [1.165, 1.54) is 15.4 Å². The molecule has 2 heterocycles. The van der Waals surface area contributed by atoms with E-state index in [0.29, 0.717) is 0 Å². The topological polar surface area (TPSA) is 67.8 Å². The first kappa shape index (κ1) is 22.6. The number of aliphatic imine (C=N–C) groups is 1. The Morgan fingerprint density at radius 3 is 2.53 bits per heavy atom. The predicted molar refractivity (Wildman–Crippen MR) is 124 cm³/mol. The van der Waals surface area contributed by atoms with Crippen LogP contribution >= 0.6 is 11.3 Å². The molecule has 1 aliphatic rings. The lowest BCUT2D eigenvalue weighted by molar-refractivity contribution is 0.0531. The average Bonchev–Trinajstić information content (AvgIpc) is 3.10. The second-order valence-corrected chi connectivity index (χ2v) is 9.03. The monoisotopic (exact) mass is 430 g/mol. The van der Waals surface area contributed by atoms with E-state index in [1.54, 1.807) is 18.4 Å². The van der Waals surface area contributed by atoms with E-state index in [-0.39, 0.29) is 5.41 Å². The van der Waals surface area contributed by atoms with Gasteiger partial charge in [0, 0.05) is 43.0 Å². The molecular weight excluding hydrogens is 396 g/mol. The Balaban J connectivity index is 1.68. The smallest absolute Gasteiger partial charge is 0.191 e. The van der Waals surface area contributed by atoms with E-state index in [2.05, 4.69) is 48.5 Å². The molecule has 0 atom stereocenters. The van der Waals surface area contributed by atoms with Crippen molar-refractivity contribution >= 4 is 17.3 Å². The van der Waals surface area contributed by atoms with Gasteiger partial charge in [-0.25, -0.2) is 4.98 Å². The van der Waals surface area contributed by atoms with Crippen molar-refractivity contribution in [1.82, 2.24) is 15.6 Å². The predicted octanol–water partition coefficient (Wildman–Crippen LogP) is 3.61. The van der Waals surface area contributed by atoms with Gasteiger partial charge in [-0.1, -0.05) is 12.1 Å². The summed E-state index contributed by atoms with van der Waals surface area (Å²) in [5.74, 6) is 1.74. The zero-order valence-corrected chi connectivity index (χ0v) is 19.4. The number of rotatable bonds is 8. The molecule has 0 aliphatic carbocycles. The lowest BCUT2D eigenvalue weighted by atomic mass is 9.74. The van der Waals surface area contributed by atoms with Crippen LogP contribution < -0.4 is 15.4 Å². The van der Waals surface area contributed by atoms with Crippen molar-refractivity contribution in [2.45, 2.75) is 45.4 Å². The highest BCUT2D eigenvalue weighted by atomic mass is 32.1. The van der Waals surface area contributed by atoms with Crippen LogP contribution in [0.2, 0.25) is 0 Å². The van der Waals surface area contributed by atoms with Crippen molar-refractivity contribution in [3.63, 3.8) is 0 Å². The molecule has 164 valence electrons. The summed E-state index contributed by atoms with van der Waals surface area (Å²) in [6.45, 7) is 10.2. The van der Waals surface area contributed by atoms with Gasteiger partial charge in [-0.05, 0) is 51.3 Å². The maximum atomic E-state index is 5.66. The van der Waals surface area contributed by atoms with Gasteiger partial charge in [0.15, 0.2) is 5.96 Å². The minimum atomic E-state index is -0.00357. The van der Waals surface area contributed by atoms with Gasteiger partial charge in [0.1, 0.15) is 5.75 Å². The van der Waals surface area contributed by atoms with Crippen LogP contribution in [0.15, 0.2) is 29.3 Å². The van der Waals surface area contributed by atoms with Crippen LogP contribution in [0.5, 0.6) is 5.75 Å². The summed E-state index contributed by atoms with van der Waals surface area (Å²) in [7, 11) is 1.70. The molecular formula is C23H34N4O2S. The summed E-state index contributed by atoms with van der Waals surface area (Å²) in [4.78, 5) is 10.9. The van der Waals surface area contributed by atoms with Gasteiger partial charge in [-0.2, -0.15) is 0 Å². The number of nitrogens with one attached hydrogen (secondary N) is 2. The summed E-state index contributed by atoms with van der Waals surface area (Å²) >= 11 is 1.78. The van der Waals surface area contributed by atoms with Crippen molar-refractivity contribution in [3.8, 4) is 5.75 Å². The van der Waals surface area contributed by atoms with Crippen LogP contribution in [-0.4, -0.2) is 50.9 Å². The van der Waals surface area contributed by atoms with Crippen molar-refractivity contribution < 1.29 is 9.47 Å². The van der Waals surface area contributed by atoms with E-state index >= 15 is 0 Å². The number of guanidine groups is 1. The summed E-state index contributed by atoms with van der Waals surface area (Å²) in [6, 6.07) is 8.43. The van der Waals surface area contributed by atoms with Crippen LogP contribution in [0.3, 0.4) is 0 Å². The van der Waals surface area contributed by atoms with Gasteiger partial charge >= 0.3 is 0 Å². The molecule has 1 fully saturated rings. The molecule has 0 unspecified atom stereocenters. The molecule has 1 saturated heterocycles. The molecule has 1 aromatic heterocycles. The van der Waals surface area contributed by atoms with Crippen molar-refractivity contribution in [1.29, 1.82) is 0 Å². The summed E-state index contributed by atoms with van der Waals surface area (Å²) in [5.41, 5.74) is 2.44. The standard InChI is InChI=1S/C23H34N4O2S/c1-5-24-22(25-13-10-21-27-17(2)18(3)30-21)26-16-23(11-14-29-15-12-23)19-6-8-20(28-4)9-7-19/h6-9H,5,10-16H2,1-4H3,(H2,24,25,26). The fraction of sp³-hybridized carbons (Fsp3) is 0.565. The zero-order chi connectivity index (χ0) is 21.4. The van der Waals surface area contributed by atoms with E-state index in [0.717, 1.165) is 69.5 Å². The van der Waals surface area contributed by atoms with Gasteiger partial charge < -0.3 is 20.1 Å². The number of thiazole rings is 1. The van der Waals surface area contributed by atoms with Crippen molar-refractivity contribution in [3.05, 3.63) is 45.4 Å². The molecule has 3 rings (SSSR count). The molecule has 30 heavy (non-hydrogen) atoms. The number of hydrogen-bond acceptors (Lipinski definition) is 5. The Morgan fingerprint density at radius 2 is 1.93 bits per heavy atom. The third-order valence-electron chi connectivity index (χ3n) is 5.74. The molecule has 0 spiro atoms. The second kappa shape index (κ2) is 10.8. The fourth-order valence-electron chi connectivity index (χ4n) is 3.75. The maximum Gasteiger partial charge on any atom is 0.191 e. The third-order valence-corrected chi connectivity index (χ3v) is 6.87. The normalized spacial score (nSPS) is 16.3. The zero-order valence-electron chi connectivity index (χ0n) is 18.6. The van der Waals surface area contributed by atoms with E-state index in [4.69, 9.17) is 14.5 Å². The molecule has 0 radical (unpaired) electrons. The summed E-state index contributed by atoms with van der Waals surface area (Å²) < 4.78 is 11.0. The first-order valence-electron chi connectivity index (χ1n) is 10.7. The van der Waals surface area contributed by atoms with E-state index in [9.17, 15) is 0 Å². The Bertz CT molecular complexity index is 807. The largest absolute Gasteiger partial charge is 0.497 e. The molecule has 0 bridgehead atoms. The van der Waals surface area contributed by atoms with Gasteiger partial charge in [-0.3, -0.25) is 4.99 Å². The number of benzene rings is 1. The molecule has 0 amide bonds. The van der Waals surface area contributed by atoms with Gasteiger partial charge in [0.05, 0.1) is 24.4 Å². The molecule has 2 aromatic rings. The number of nitrogens with zero attached hydrogens (tertiary/aromatic N) is 2. The highest BCUT2D eigenvalue weighted by molar-refractivity contribution is 7.11. The maximum absolute atomic E-state index is 5.66. The molecule has 2 N–H and O–H groups in total. The lowest BCUT2D eigenvalue weighted by Gasteiger charge is -2.36. The first-order chi connectivity index (χ1) is 14.6. The average molecular weight is 431 g/mol. The number of aryl methyl sites for hydroxylation is 2. The second-order valence-electron chi connectivity index (χ2n) is 7.74. The fourth-order valence-corrected chi connectivity index (χ4v) is 4.68. The summed E-state index contributed by atoms with van der Waals surface area (Å²) in [5, 5.41) is 8.03. The van der Waals surface area contributed by atoms with Crippen LogP contribution in [0.4, 0.5) is 0 Å². The third kappa shape index (κ3) is 5.73. The molecule has 6 nitrogen and oxygen atoms in total. The number of ether oxygens (including phenoxy) is 2. The highest BCUT2D eigenvalue weighted by Crippen LogP contribution is 2.36. The summed E-state index contributed by atoms with van der Waals surface area (Å²) in [6.07, 6.45) is 2.85. The minimum absolute atomic E-state index is 0.00357. The molecule has 7 heteroatoms. The van der Waals surface area contributed by atoms with E-state index in [1.807, 2.05) is 12.1 Å². The quantitative estimate of drug-likeness (QED) is 0.495. The van der Waals surface area contributed by atoms with Gasteiger partial charge in [-0.15, -0.1) is 11.3 Å². The van der Waals surface area contributed by atoms with Crippen LogP contribution in [-0.2, 0) is 16.6 Å². The Hall–Kier alpha value is -2.12. The van der Waals surface area contributed by atoms with Gasteiger partial charge in [0.25, 0.3) is 0 Å². The number of methoxy groups -OCH3 is 1. The minimum Gasteiger partial charge on any atom is -0.497 e. The number of aromatic nitrogens is 1. The molecule has 1 aromatic carbocycles. The van der Waals surface area contributed by atoms with E-state index < -0.39 is 0 Å². The van der Waals surface area contributed by atoms with Crippen LogP contribution in [0.25, 0.3) is 0 Å². The highest BCUT2D eigenvalue weighted by Gasteiger charge is 2.34. The van der Waals surface area contributed by atoms with Crippen molar-refractivity contribution in [2.24, 2.45) is 4.99 Å². The molecule has 1 aliphatic heterocycles. The number of hydrogen-bond donors (Lipinski definition) is 2. The van der Waals surface area contributed by atoms with Crippen LogP contribution in [0, 0.1) is 13.8 Å².